The van der Waals surface area contributed by atoms with E-state index >= 15 is 0 Å². The Morgan fingerprint density at radius 2 is 1.49 bits per heavy atom. The lowest BCUT2D eigenvalue weighted by Crippen LogP contribution is -2.53. The number of morpholine rings is 1. The lowest BCUT2D eigenvalue weighted by molar-refractivity contribution is -0.170. The van der Waals surface area contributed by atoms with E-state index in [9.17, 15) is 14.9 Å². The number of anilines is 1. The van der Waals surface area contributed by atoms with Gasteiger partial charge in [0.05, 0.1) is 52.8 Å². The Labute approximate surface area is 397 Å². The molecule has 3 amide bonds. The molecule has 2 aliphatic heterocycles. The average molecular weight is 942 g/mol. The Hall–Kier alpha value is -6.51. The molecule has 0 aliphatic carbocycles. The average Bonchev–Trinajstić information content (AvgIpc) is 4.03. The van der Waals surface area contributed by atoms with Gasteiger partial charge < -0.3 is 43.5 Å². The molecule has 2 bridgehead atoms. The number of aromatic nitrogens is 4. The molecule has 4 heterocycles. The van der Waals surface area contributed by atoms with Crippen LogP contribution in [0.25, 0.3) is 11.2 Å². The molecule has 17 nitrogen and oxygen atoms in total. The predicted octanol–water partition coefficient (Wildman–Crippen LogP) is 8.06. The SMILES string of the molecule is CNC(=O)N1C[C@]2(COC(c3ccccc3)(c3ccc(OC)cc3)c3ccc(OC)cc3)O[C@@H](n3cnc4c(NC(=O)c5ccccc5)ncnc43)[C@H]1[C@@H]2OP(OCCC#N)N(C(C)C)C(C)C. The minimum Gasteiger partial charge on any atom is -0.497 e. The molecule has 2 saturated heterocycles. The fourth-order valence-corrected chi connectivity index (χ4v) is 11.0. The Bertz CT molecular complexity index is 2650. The number of nitrogens with one attached hydrogen (secondary N) is 2. The molecule has 2 fully saturated rings. The summed E-state index contributed by atoms with van der Waals surface area (Å²) in [6, 6.07) is 35.2. The highest BCUT2D eigenvalue weighted by Gasteiger charge is 2.68. The molecule has 0 spiro atoms. The minimum atomic E-state index is -1.88. The largest absolute Gasteiger partial charge is 0.497 e. The second-order valence-electron chi connectivity index (χ2n) is 17.0. The number of benzene rings is 4. The van der Waals surface area contributed by atoms with Crippen LogP contribution in [-0.4, -0.2) is 112 Å². The van der Waals surface area contributed by atoms with E-state index in [4.69, 9.17) is 33.0 Å². The van der Waals surface area contributed by atoms with E-state index in [0.29, 0.717) is 28.2 Å². The summed E-state index contributed by atoms with van der Waals surface area (Å²) < 4.78 is 43.9. The number of rotatable bonds is 19. The van der Waals surface area contributed by atoms with Gasteiger partial charge in [-0.2, -0.15) is 5.26 Å². The molecule has 2 aromatic heterocycles. The Balaban J connectivity index is 1.29. The molecule has 68 heavy (non-hydrogen) atoms. The lowest BCUT2D eigenvalue weighted by Gasteiger charge is -2.42. The van der Waals surface area contributed by atoms with Gasteiger partial charge in [-0.05, 0) is 80.8 Å². The zero-order valence-corrected chi connectivity index (χ0v) is 40.0. The summed E-state index contributed by atoms with van der Waals surface area (Å²) in [6.45, 7) is 8.31. The van der Waals surface area contributed by atoms with Crippen LogP contribution in [0.2, 0.25) is 0 Å². The summed E-state index contributed by atoms with van der Waals surface area (Å²) >= 11 is 0. The number of hydrogen-bond acceptors (Lipinski definition) is 13. The van der Waals surface area contributed by atoms with Crippen LogP contribution in [0.5, 0.6) is 11.5 Å². The summed E-state index contributed by atoms with van der Waals surface area (Å²) in [5.41, 5.74) is 0.873. The fourth-order valence-electron chi connectivity index (χ4n) is 9.16. The summed E-state index contributed by atoms with van der Waals surface area (Å²) in [5, 5.41) is 15.3. The Kier molecular flexibility index (Phi) is 14.7. The second kappa shape index (κ2) is 20.8. The molecule has 2 N–H and O–H groups in total. The van der Waals surface area contributed by atoms with Gasteiger partial charge in [-0.1, -0.05) is 72.8 Å². The number of nitriles is 1. The van der Waals surface area contributed by atoms with Crippen LogP contribution in [0.4, 0.5) is 10.6 Å². The van der Waals surface area contributed by atoms with Gasteiger partial charge in [0.2, 0.25) is 0 Å². The molecule has 2 aliphatic rings. The maximum absolute atomic E-state index is 14.3. The van der Waals surface area contributed by atoms with Gasteiger partial charge in [-0.3, -0.25) is 9.36 Å². The highest BCUT2D eigenvalue weighted by molar-refractivity contribution is 7.44. The number of hydrogen-bond donors (Lipinski definition) is 2. The van der Waals surface area contributed by atoms with Crippen molar-refractivity contribution in [2.45, 2.75) is 75.8 Å². The van der Waals surface area contributed by atoms with Crippen molar-refractivity contribution >= 4 is 37.4 Å². The summed E-state index contributed by atoms with van der Waals surface area (Å²) in [6.07, 6.45) is 1.21. The molecule has 0 radical (unpaired) electrons. The molecule has 1 unspecified atom stereocenters. The van der Waals surface area contributed by atoms with Crippen LogP contribution < -0.4 is 20.1 Å². The number of likely N-dealkylation sites (tertiary alicyclic amines) is 1. The van der Waals surface area contributed by atoms with E-state index in [0.717, 1.165) is 16.7 Å². The summed E-state index contributed by atoms with van der Waals surface area (Å²) in [5.74, 6) is 1.17. The number of carbonyl (C=O) groups excluding carboxylic acids is 2. The van der Waals surface area contributed by atoms with Gasteiger partial charge in [0, 0.05) is 24.7 Å². The Morgan fingerprint density at radius 1 is 0.882 bits per heavy atom. The number of carbonyl (C=O) groups is 2. The van der Waals surface area contributed by atoms with Crippen molar-refractivity contribution < 1.29 is 37.6 Å². The molecule has 5 atom stereocenters. The third-order valence-electron chi connectivity index (χ3n) is 12.2. The first-order valence-electron chi connectivity index (χ1n) is 22.4. The third kappa shape index (κ3) is 9.23. The quantitative estimate of drug-likeness (QED) is 0.0452. The lowest BCUT2D eigenvalue weighted by atomic mass is 9.79. The third-order valence-corrected chi connectivity index (χ3v) is 14.3. The number of imidazole rings is 1. The van der Waals surface area contributed by atoms with Crippen LogP contribution in [0.15, 0.2) is 122 Å². The van der Waals surface area contributed by atoms with Gasteiger partial charge in [-0.25, -0.2) is 24.4 Å². The molecule has 18 heteroatoms. The van der Waals surface area contributed by atoms with E-state index in [1.54, 1.807) is 61.3 Å². The van der Waals surface area contributed by atoms with Gasteiger partial charge in [0.25, 0.3) is 14.4 Å². The van der Waals surface area contributed by atoms with Crippen molar-refractivity contribution in [3.63, 3.8) is 0 Å². The number of ether oxygens (including phenoxy) is 4. The van der Waals surface area contributed by atoms with Crippen molar-refractivity contribution in [3.8, 4) is 17.6 Å². The maximum Gasteiger partial charge on any atom is 0.317 e. The number of fused-ring (bicyclic) bond motifs is 3. The molecule has 0 saturated carbocycles. The van der Waals surface area contributed by atoms with Crippen molar-refractivity contribution in [1.82, 2.24) is 34.4 Å². The standard InChI is InChI=1S/C50H56N9O8P/c1-33(2)59(34(3)4)68(65-28-14-27-51)67-43-42-47(58-32-55-41-44(53-31-54-45(41)58)56-46(60)35-15-10-8-11-16-35)66-49(43,29-57(42)48(61)52-5)30-64-50(36-17-12-9-13-18-36,37-19-23-39(62-6)24-20-37)38-21-25-40(63-7)26-22-38/h8-13,15-26,31-34,42-43,47H,14,28-30H2,1-7H3,(H,52,61)(H,53,54,56,60)/t42-,43+,47-,49-,68?/m1/s1. The van der Waals surface area contributed by atoms with E-state index in [1.165, 1.54) is 6.33 Å². The zero-order valence-electron chi connectivity index (χ0n) is 39.1. The number of methoxy groups -OCH3 is 2. The first kappa shape index (κ1) is 48.0. The molecule has 4 aromatic carbocycles. The molecule has 6 aromatic rings. The highest BCUT2D eigenvalue weighted by atomic mass is 31.2. The molecular formula is C50H56N9O8P. The van der Waals surface area contributed by atoms with Gasteiger partial charge >= 0.3 is 6.03 Å². The van der Waals surface area contributed by atoms with Gasteiger partial charge in [0.1, 0.15) is 41.2 Å². The molecule has 354 valence electrons. The first-order valence-corrected chi connectivity index (χ1v) is 23.5. The van der Waals surface area contributed by atoms with Crippen LogP contribution >= 0.6 is 8.53 Å². The van der Waals surface area contributed by atoms with E-state index in [2.05, 4.69) is 59.0 Å². The van der Waals surface area contributed by atoms with Gasteiger partial charge in [-0.15, -0.1) is 0 Å². The second-order valence-corrected chi connectivity index (χ2v) is 18.4. The van der Waals surface area contributed by atoms with Gasteiger partial charge in [0.15, 0.2) is 23.2 Å². The summed E-state index contributed by atoms with van der Waals surface area (Å²) in [7, 11) is 2.94. The highest BCUT2D eigenvalue weighted by Crippen LogP contribution is 2.57. The van der Waals surface area contributed by atoms with Crippen molar-refractivity contribution in [3.05, 3.63) is 144 Å². The zero-order chi connectivity index (χ0) is 48.0. The summed E-state index contributed by atoms with van der Waals surface area (Å²) in [4.78, 5) is 43.1. The predicted molar refractivity (Wildman–Crippen MR) is 256 cm³/mol. The number of nitrogens with zero attached hydrogens (tertiary/aromatic N) is 7. The van der Waals surface area contributed by atoms with E-state index in [-0.39, 0.29) is 56.0 Å². The fraction of sp³-hybridized carbons (Fsp3) is 0.360. The normalized spacial score (nSPS) is 19.4. The first-order chi connectivity index (χ1) is 33.0. The minimum absolute atomic E-state index is 0.0316. The van der Waals surface area contributed by atoms with Crippen LogP contribution in [0, 0.1) is 11.3 Å². The van der Waals surface area contributed by atoms with Crippen LogP contribution in [0.1, 0.15) is 67.4 Å². The van der Waals surface area contributed by atoms with E-state index in [1.807, 2.05) is 84.9 Å². The Morgan fingerprint density at radius 3 is 2.06 bits per heavy atom. The topological polar surface area (TPSA) is 187 Å². The number of urea groups is 1. The van der Waals surface area contributed by atoms with E-state index < -0.39 is 38.1 Å². The number of amides is 3. The van der Waals surface area contributed by atoms with Crippen molar-refractivity contribution in [2.24, 2.45) is 0 Å². The monoisotopic (exact) mass is 941 g/mol. The van der Waals surface area contributed by atoms with Crippen LogP contribution in [0.3, 0.4) is 0 Å². The van der Waals surface area contributed by atoms with Crippen LogP contribution in [-0.2, 0) is 24.1 Å². The smallest absolute Gasteiger partial charge is 0.317 e. The molecule has 8 rings (SSSR count). The molecular weight excluding hydrogens is 886 g/mol. The van der Waals surface area contributed by atoms with Crippen molar-refractivity contribution in [2.75, 3.05) is 46.3 Å². The maximum atomic E-state index is 14.3. The van der Waals surface area contributed by atoms with Crippen molar-refractivity contribution in [1.29, 1.82) is 5.26 Å².